The quantitative estimate of drug-likeness (QED) is 0.916. The van der Waals surface area contributed by atoms with Crippen molar-refractivity contribution in [1.82, 2.24) is 14.9 Å². The average Bonchev–Trinajstić information content (AvgIpc) is 3.23. The van der Waals surface area contributed by atoms with Gasteiger partial charge in [0, 0.05) is 19.0 Å². The van der Waals surface area contributed by atoms with Crippen LogP contribution < -0.4 is 0 Å². The molecule has 0 spiro atoms. The van der Waals surface area contributed by atoms with E-state index < -0.39 is 11.6 Å². The van der Waals surface area contributed by atoms with Crippen molar-refractivity contribution >= 4 is 16.9 Å². The number of ether oxygens (including phenoxy) is 2. The summed E-state index contributed by atoms with van der Waals surface area (Å²) in [5.41, 5.74) is 1.33. The van der Waals surface area contributed by atoms with Gasteiger partial charge in [0.1, 0.15) is 11.3 Å². The van der Waals surface area contributed by atoms with E-state index in [0.717, 1.165) is 12.8 Å². The molecule has 4 rings (SSSR count). The van der Waals surface area contributed by atoms with E-state index in [1.165, 1.54) is 18.5 Å². The number of carbonyl (C=O) groups excluding carboxylic acids is 1. The molecule has 0 aliphatic carbocycles. The van der Waals surface area contributed by atoms with Crippen LogP contribution in [0.2, 0.25) is 0 Å². The molecule has 3 heterocycles. The highest BCUT2D eigenvalue weighted by Gasteiger charge is 2.42. The Morgan fingerprint density at radius 3 is 3.00 bits per heavy atom. The van der Waals surface area contributed by atoms with Gasteiger partial charge in [-0.15, -0.1) is 0 Å². The van der Waals surface area contributed by atoms with E-state index >= 15 is 0 Å². The van der Waals surface area contributed by atoms with Crippen LogP contribution in [-0.2, 0) is 9.47 Å². The molecule has 0 radical (unpaired) electrons. The summed E-state index contributed by atoms with van der Waals surface area (Å²) in [6.07, 6.45) is 3.29. The van der Waals surface area contributed by atoms with Crippen LogP contribution in [0.1, 0.15) is 30.1 Å². The van der Waals surface area contributed by atoms with Gasteiger partial charge in [-0.2, -0.15) is 0 Å². The number of hydrogen-bond donors (Lipinski definition) is 1. The van der Waals surface area contributed by atoms with Crippen molar-refractivity contribution in [2.75, 3.05) is 26.3 Å². The zero-order valence-corrected chi connectivity index (χ0v) is 13.5. The summed E-state index contributed by atoms with van der Waals surface area (Å²) in [7, 11) is 0. The lowest BCUT2D eigenvalue weighted by Crippen LogP contribution is -2.48. The molecule has 0 saturated carbocycles. The molecule has 1 atom stereocenters. The number of nitrogens with one attached hydrogen (secondary N) is 1. The van der Waals surface area contributed by atoms with Gasteiger partial charge in [-0.1, -0.05) is 0 Å². The Labute approximate surface area is 138 Å². The van der Waals surface area contributed by atoms with Crippen LogP contribution >= 0.6 is 0 Å². The number of halogens is 1. The number of benzene rings is 1. The standard InChI is InChI=1S/C17H20FN3O3/c1-17(23-5-6-24-17)11-3-2-4-21(9-11)16(22)13-7-12(18)8-14-15(13)20-10-19-14/h7-8,10-11H,2-6,9H2,1H3,(H,19,20)/t11-/m1/s1. The first-order chi connectivity index (χ1) is 11.6. The number of amides is 1. The Hall–Kier alpha value is -1.99. The Morgan fingerprint density at radius 1 is 1.42 bits per heavy atom. The Bertz CT molecular complexity index is 770. The minimum Gasteiger partial charge on any atom is -0.347 e. The predicted octanol–water partition coefficient (Wildman–Crippen LogP) is 2.32. The normalized spacial score (nSPS) is 23.8. The third-order valence-corrected chi connectivity index (χ3v) is 5.03. The van der Waals surface area contributed by atoms with Crippen molar-refractivity contribution in [1.29, 1.82) is 0 Å². The SMILES string of the molecule is CC1([C@@H]2CCCN(C(=O)c3cc(F)cc4[nH]cnc34)C2)OCCO1. The molecule has 2 aromatic rings. The summed E-state index contributed by atoms with van der Waals surface area (Å²) in [4.78, 5) is 21.7. The maximum Gasteiger partial charge on any atom is 0.256 e. The van der Waals surface area contributed by atoms with Crippen LogP contribution in [0, 0.1) is 11.7 Å². The number of imidazole rings is 1. The Balaban J connectivity index is 1.60. The number of likely N-dealkylation sites (tertiary alicyclic amines) is 1. The van der Waals surface area contributed by atoms with E-state index in [2.05, 4.69) is 9.97 Å². The van der Waals surface area contributed by atoms with E-state index in [1.807, 2.05) is 6.92 Å². The zero-order valence-electron chi connectivity index (χ0n) is 13.5. The van der Waals surface area contributed by atoms with Crippen molar-refractivity contribution in [3.8, 4) is 0 Å². The van der Waals surface area contributed by atoms with Crippen LogP contribution in [0.25, 0.3) is 11.0 Å². The van der Waals surface area contributed by atoms with Gasteiger partial charge in [-0.3, -0.25) is 4.79 Å². The van der Waals surface area contributed by atoms with Gasteiger partial charge in [0.25, 0.3) is 5.91 Å². The predicted molar refractivity (Wildman–Crippen MR) is 85.0 cm³/mol. The molecule has 6 nitrogen and oxygen atoms in total. The molecule has 1 amide bonds. The van der Waals surface area contributed by atoms with Crippen LogP contribution in [0.3, 0.4) is 0 Å². The minimum atomic E-state index is -0.636. The van der Waals surface area contributed by atoms with Gasteiger partial charge in [0.2, 0.25) is 0 Å². The van der Waals surface area contributed by atoms with Gasteiger partial charge in [0.15, 0.2) is 5.79 Å². The molecule has 1 aromatic heterocycles. The Kier molecular flexibility index (Phi) is 3.77. The molecule has 0 unspecified atom stereocenters. The number of H-pyrrole nitrogens is 1. The van der Waals surface area contributed by atoms with Gasteiger partial charge < -0.3 is 19.4 Å². The molecule has 2 saturated heterocycles. The third kappa shape index (κ3) is 2.57. The molecule has 7 heteroatoms. The maximum absolute atomic E-state index is 13.8. The summed E-state index contributed by atoms with van der Waals surface area (Å²) in [5, 5.41) is 0. The van der Waals surface area contributed by atoms with Crippen LogP contribution in [0.4, 0.5) is 4.39 Å². The minimum absolute atomic E-state index is 0.112. The van der Waals surface area contributed by atoms with E-state index in [9.17, 15) is 9.18 Å². The van der Waals surface area contributed by atoms with Crippen molar-refractivity contribution in [2.24, 2.45) is 5.92 Å². The zero-order chi connectivity index (χ0) is 16.7. The number of fused-ring (bicyclic) bond motifs is 1. The highest BCUT2D eigenvalue weighted by molar-refractivity contribution is 6.04. The number of nitrogens with zero attached hydrogens (tertiary/aromatic N) is 2. The molecule has 0 bridgehead atoms. The molecule has 128 valence electrons. The first kappa shape index (κ1) is 15.5. The van der Waals surface area contributed by atoms with Gasteiger partial charge in [-0.05, 0) is 31.9 Å². The summed E-state index contributed by atoms with van der Waals surface area (Å²) < 4.78 is 25.3. The molecule has 1 N–H and O–H groups in total. The summed E-state index contributed by atoms with van der Waals surface area (Å²) in [6.45, 7) is 4.29. The van der Waals surface area contributed by atoms with E-state index in [-0.39, 0.29) is 11.8 Å². The fourth-order valence-corrected chi connectivity index (χ4v) is 3.70. The third-order valence-electron chi connectivity index (χ3n) is 5.03. The molecule has 2 fully saturated rings. The molecular formula is C17H20FN3O3. The lowest BCUT2D eigenvalue weighted by atomic mass is 9.90. The van der Waals surface area contributed by atoms with Crippen LogP contribution in [0.15, 0.2) is 18.5 Å². The Morgan fingerprint density at radius 2 is 2.21 bits per heavy atom. The maximum atomic E-state index is 13.8. The largest absolute Gasteiger partial charge is 0.347 e. The fraction of sp³-hybridized carbons (Fsp3) is 0.529. The van der Waals surface area contributed by atoms with Crippen molar-refractivity contribution in [3.05, 3.63) is 29.8 Å². The smallest absolute Gasteiger partial charge is 0.256 e. The second-order valence-corrected chi connectivity index (χ2v) is 6.56. The molecule has 2 aliphatic heterocycles. The van der Waals surface area contributed by atoms with E-state index in [4.69, 9.17) is 9.47 Å². The fourth-order valence-electron chi connectivity index (χ4n) is 3.70. The lowest BCUT2D eigenvalue weighted by molar-refractivity contribution is -0.189. The van der Waals surface area contributed by atoms with E-state index in [0.29, 0.717) is 42.9 Å². The van der Waals surface area contributed by atoms with Crippen molar-refractivity contribution in [3.63, 3.8) is 0 Å². The molecule has 24 heavy (non-hydrogen) atoms. The number of rotatable bonds is 2. The number of piperidine rings is 1. The van der Waals surface area contributed by atoms with Crippen molar-refractivity contribution < 1.29 is 18.7 Å². The summed E-state index contributed by atoms with van der Waals surface area (Å²) in [6, 6.07) is 2.61. The lowest BCUT2D eigenvalue weighted by Gasteiger charge is -2.39. The van der Waals surface area contributed by atoms with Crippen LogP contribution in [-0.4, -0.2) is 52.9 Å². The summed E-state index contributed by atoms with van der Waals surface area (Å²) >= 11 is 0. The average molecular weight is 333 g/mol. The van der Waals surface area contributed by atoms with E-state index in [1.54, 1.807) is 4.90 Å². The highest BCUT2D eigenvalue weighted by Crippen LogP contribution is 2.34. The second kappa shape index (κ2) is 5.82. The first-order valence-corrected chi connectivity index (χ1v) is 8.27. The number of carbonyl (C=O) groups is 1. The number of hydrogen-bond acceptors (Lipinski definition) is 4. The summed E-state index contributed by atoms with van der Waals surface area (Å²) in [5.74, 6) is -1.17. The van der Waals surface area contributed by atoms with Gasteiger partial charge >= 0.3 is 0 Å². The second-order valence-electron chi connectivity index (χ2n) is 6.56. The molecular weight excluding hydrogens is 313 g/mol. The number of aromatic nitrogens is 2. The first-order valence-electron chi connectivity index (χ1n) is 8.27. The highest BCUT2D eigenvalue weighted by atomic mass is 19.1. The molecule has 1 aromatic carbocycles. The van der Waals surface area contributed by atoms with Gasteiger partial charge in [0.05, 0.1) is 30.6 Å². The van der Waals surface area contributed by atoms with Crippen molar-refractivity contribution in [2.45, 2.75) is 25.6 Å². The number of aromatic amines is 1. The topological polar surface area (TPSA) is 67.5 Å². The van der Waals surface area contributed by atoms with Crippen LogP contribution in [0.5, 0.6) is 0 Å². The monoisotopic (exact) mass is 333 g/mol. The molecule has 2 aliphatic rings. The van der Waals surface area contributed by atoms with Gasteiger partial charge in [-0.25, -0.2) is 9.37 Å².